The molecule has 0 amide bonds. The van der Waals surface area contributed by atoms with Crippen molar-refractivity contribution in [1.82, 2.24) is 14.8 Å². The van der Waals surface area contributed by atoms with E-state index in [1.54, 1.807) is 17.9 Å². The Balaban J connectivity index is 2.72. The van der Waals surface area contributed by atoms with Crippen LogP contribution in [-0.2, 0) is 7.05 Å². The molecule has 0 aliphatic heterocycles. The van der Waals surface area contributed by atoms with Crippen molar-refractivity contribution in [1.29, 1.82) is 0 Å². The van der Waals surface area contributed by atoms with E-state index in [0.29, 0.717) is 0 Å². The molecule has 66 valence electrons. The molecule has 5 heteroatoms. The number of pyridine rings is 1. The summed E-state index contributed by atoms with van der Waals surface area (Å²) in [5, 5.41) is 13.5. The molecule has 2 aromatic heterocycles. The van der Waals surface area contributed by atoms with Crippen molar-refractivity contribution in [2.75, 3.05) is 0 Å². The minimum Gasteiger partial charge on any atom is -0.477 e. The summed E-state index contributed by atoms with van der Waals surface area (Å²) in [6.07, 6.45) is 3.15. The molecule has 2 rings (SSSR count). The van der Waals surface area contributed by atoms with Crippen LogP contribution in [0.4, 0.5) is 0 Å². The van der Waals surface area contributed by atoms with E-state index < -0.39 is 5.97 Å². The summed E-state index contributed by atoms with van der Waals surface area (Å²) in [4.78, 5) is 14.4. The summed E-state index contributed by atoms with van der Waals surface area (Å²) in [5.41, 5.74) is 0.809. The summed E-state index contributed by atoms with van der Waals surface area (Å²) < 4.78 is 1.61. The Hall–Kier alpha value is -1.91. The minimum absolute atomic E-state index is 0.0381. The van der Waals surface area contributed by atoms with Crippen LogP contribution in [0.1, 0.15) is 10.5 Å². The number of aryl methyl sites for hydroxylation is 1. The average Bonchev–Trinajstić information content (AvgIpc) is 2.47. The normalized spacial score (nSPS) is 10.5. The zero-order chi connectivity index (χ0) is 9.42. The highest BCUT2D eigenvalue weighted by molar-refractivity contribution is 5.90. The standard InChI is InChI=1S/C8H7N3O2/c1-11-7-2-6(8(12)13)9-3-5(7)4-10-11/h2-4H,1H3,(H,12,13). The number of carbonyl (C=O) groups is 1. The number of fused-ring (bicyclic) bond motifs is 1. The largest absolute Gasteiger partial charge is 0.477 e. The predicted octanol–water partition coefficient (Wildman–Crippen LogP) is 0.666. The predicted molar refractivity (Wildman–Crippen MR) is 45.5 cm³/mol. The number of carboxylic acid groups (broad SMARTS) is 1. The highest BCUT2D eigenvalue weighted by Crippen LogP contribution is 2.11. The van der Waals surface area contributed by atoms with Gasteiger partial charge in [-0.1, -0.05) is 0 Å². The minimum atomic E-state index is -1.02. The fraction of sp³-hybridized carbons (Fsp3) is 0.125. The highest BCUT2D eigenvalue weighted by atomic mass is 16.4. The van der Waals surface area contributed by atoms with Gasteiger partial charge in [0.05, 0.1) is 11.7 Å². The molecule has 0 saturated carbocycles. The van der Waals surface area contributed by atoms with Crippen LogP contribution in [0.3, 0.4) is 0 Å². The summed E-state index contributed by atoms with van der Waals surface area (Å²) in [7, 11) is 1.76. The van der Waals surface area contributed by atoms with Crippen LogP contribution in [0.25, 0.3) is 10.9 Å². The van der Waals surface area contributed by atoms with Crippen molar-refractivity contribution in [2.45, 2.75) is 0 Å². The van der Waals surface area contributed by atoms with E-state index in [4.69, 9.17) is 5.11 Å². The van der Waals surface area contributed by atoms with Gasteiger partial charge in [-0.3, -0.25) is 4.68 Å². The first-order valence-corrected chi connectivity index (χ1v) is 3.69. The van der Waals surface area contributed by atoms with Gasteiger partial charge in [-0.15, -0.1) is 0 Å². The van der Waals surface area contributed by atoms with Gasteiger partial charge in [-0.05, 0) is 6.07 Å². The molecule has 2 heterocycles. The van der Waals surface area contributed by atoms with Gasteiger partial charge in [0.25, 0.3) is 0 Å². The highest BCUT2D eigenvalue weighted by Gasteiger charge is 2.07. The molecule has 0 fully saturated rings. The second kappa shape index (κ2) is 2.55. The molecule has 1 N–H and O–H groups in total. The van der Waals surface area contributed by atoms with E-state index >= 15 is 0 Å². The van der Waals surface area contributed by atoms with Gasteiger partial charge in [-0.2, -0.15) is 5.10 Å². The molecule has 0 radical (unpaired) electrons. The van der Waals surface area contributed by atoms with Crippen LogP contribution in [-0.4, -0.2) is 25.8 Å². The van der Waals surface area contributed by atoms with E-state index in [9.17, 15) is 4.79 Å². The molecule has 0 saturated heterocycles. The fourth-order valence-corrected chi connectivity index (χ4v) is 1.16. The molecule has 0 aromatic carbocycles. The Morgan fingerprint density at radius 1 is 1.54 bits per heavy atom. The van der Waals surface area contributed by atoms with Crippen molar-refractivity contribution in [3.05, 3.63) is 24.2 Å². The maximum absolute atomic E-state index is 10.6. The molecule has 2 aromatic rings. The average molecular weight is 177 g/mol. The molecule has 5 nitrogen and oxygen atoms in total. The zero-order valence-electron chi connectivity index (χ0n) is 6.93. The Morgan fingerprint density at radius 2 is 2.31 bits per heavy atom. The number of hydrogen-bond acceptors (Lipinski definition) is 3. The lowest BCUT2D eigenvalue weighted by Crippen LogP contribution is -2.00. The third-order valence-electron chi connectivity index (χ3n) is 1.85. The van der Waals surface area contributed by atoms with Crippen LogP contribution in [0.15, 0.2) is 18.5 Å². The number of nitrogens with zero attached hydrogens (tertiary/aromatic N) is 3. The first-order chi connectivity index (χ1) is 6.18. The van der Waals surface area contributed by atoms with Gasteiger partial charge < -0.3 is 5.11 Å². The second-order valence-corrected chi connectivity index (χ2v) is 2.70. The Labute approximate surface area is 73.6 Å². The van der Waals surface area contributed by atoms with Crippen molar-refractivity contribution < 1.29 is 9.90 Å². The number of rotatable bonds is 1. The SMILES string of the molecule is Cn1ncc2cnc(C(=O)O)cc21. The topological polar surface area (TPSA) is 68.0 Å². The van der Waals surface area contributed by atoms with E-state index in [2.05, 4.69) is 10.1 Å². The molecule has 0 spiro atoms. The molecular weight excluding hydrogens is 170 g/mol. The lowest BCUT2D eigenvalue weighted by molar-refractivity contribution is 0.0690. The number of aromatic carboxylic acids is 1. The summed E-state index contributed by atoms with van der Waals surface area (Å²) in [6.45, 7) is 0. The van der Waals surface area contributed by atoms with E-state index in [-0.39, 0.29) is 5.69 Å². The van der Waals surface area contributed by atoms with Gasteiger partial charge in [-0.25, -0.2) is 9.78 Å². The number of aromatic nitrogens is 3. The quantitative estimate of drug-likeness (QED) is 0.695. The first kappa shape index (κ1) is 7.72. The maximum atomic E-state index is 10.6. The Bertz CT molecular complexity index is 475. The molecule has 0 bridgehead atoms. The van der Waals surface area contributed by atoms with Crippen molar-refractivity contribution in [3.8, 4) is 0 Å². The van der Waals surface area contributed by atoms with Crippen LogP contribution in [0.5, 0.6) is 0 Å². The summed E-state index contributed by atoms with van der Waals surface area (Å²) >= 11 is 0. The van der Waals surface area contributed by atoms with E-state index in [0.717, 1.165) is 10.9 Å². The van der Waals surface area contributed by atoms with Gasteiger partial charge in [0.1, 0.15) is 5.69 Å². The maximum Gasteiger partial charge on any atom is 0.354 e. The second-order valence-electron chi connectivity index (χ2n) is 2.70. The van der Waals surface area contributed by atoms with Crippen LogP contribution in [0, 0.1) is 0 Å². The molecule has 0 atom stereocenters. The van der Waals surface area contributed by atoms with Gasteiger partial charge in [0, 0.05) is 18.6 Å². The van der Waals surface area contributed by atoms with Gasteiger partial charge in [0.15, 0.2) is 0 Å². The fourth-order valence-electron chi connectivity index (χ4n) is 1.16. The first-order valence-electron chi connectivity index (χ1n) is 3.69. The van der Waals surface area contributed by atoms with Gasteiger partial charge >= 0.3 is 5.97 Å². The summed E-state index contributed by atoms with van der Waals surface area (Å²) in [5.74, 6) is -1.02. The smallest absolute Gasteiger partial charge is 0.354 e. The Morgan fingerprint density at radius 3 is 3.00 bits per heavy atom. The Kier molecular flexibility index (Phi) is 1.51. The van der Waals surface area contributed by atoms with Crippen LogP contribution < -0.4 is 0 Å². The molecule has 0 aliphatic carbocycles. The monoisotopic (exact) mass is 177 g/mol. The van der Waals surface area contributed by atoms with E-state index in [1.165, 1.54) is 12.3 Å². The van der Waals surface area contributed by atoms with Crippen molar-refractivity contribution in [3.63, 3.8) is 0 Å². The number of carboxylic acids is 1. The van der Waals surface area contributed by atoms with Crippen LogP contribution in [0.2, 0.25) is 0 Å². The summed E-state index contributed by atoms with van der Waals surface area (Å²) in [6, 6.07) is 1.50. The number of hydrogen-bond donors (Lipinski definition) is 1. The molecule has 0 aliphatic rings. The van der Waals surface area contributed by atoms with Gasteiger partial charge in [0.2, 0.25) is 0 Å². The van der Waals surface area contributed by atoms with E-state index in [1.807, 2.05) is 0 Å². The van der Waals surface area contributed by atoms with Crippen LogP contribution >= 0.6 is 0 Å². The third kappa shape index (κ3) is 1.14. The molecular formula is C8H7N3O2. The molecule has 13 heavy (non-hydrogen) atoms. The molecule has 0 unspecified atom stereocenters. The lowest BCUT2D eigenvalue weighted by atomic mass is 10.3. The zero-order valence-corrected chi connectivity index (χ0v) is 6.93. The lowest BCUT2D eigenvalue weighted by Gasteiger charge is -1.95. The van der Waals surface area contributed by atoms with Crippen molar-refractivity contribution in [2.24, 2.45) is 7.05 Å². The van der Waals surface area contributed by atoms with Crippen molar-refractivity contribution >= 4 is 16.9 Å². The third-order valence-corrected chi connectivity index (χ3v) is 1.85.